The van der Waals surface area contributed by atoms with Gasteiger partial charge in [-0.15, -0.1) is 0 Å². The van der Waals surface area contributed by atoms with Crippen molar-refractivity contribution >= 4 is 23.1 Å². The van der Waals surface area contributed by atoms with Crippen molar-refractivity contribution in [3.05, 3.63) is 23.9 Å². The minimum Gasteiger partial charge on any atom is -0.398 e. The van der Waals surface area contributed by atoms with Gasteiger partial charge in [-0.25, -0.2) is 0 Å². The van der Waals surface area contributed by atoms with E-state index in [4.69, 9.17) is 10.8 Å². The predicted octanol–water partition coefficient (Wildman–Crippen LogP) is 0.675. The zero-order valence-corrected chi connectivity index (χ0v) is 8.64. The van der Waals surface area contributed by atoms with E-state index in [-0.39, 0.29) is 6.61 Å². The van der Waals surface area contributed by atoms with Gasteiger partial charge >= 0.3 is 0 Å². The summed E-state index contributed by atoms with van der Waals surface area (Å²) in [6, 6.07) is 3.57. The molecule has 0 atom stereocenters. The summed E-state index contributed by atoms with van der Waals surface area (Å²) in [7, 11) is 0. The number of hydrogen-bond acceptors (Lipinski definition) is 6. The third-order valence-electron chi connectivity index (χ3n) is 2.32. The van der Waals surface area contributed by atoms with Gasteiger partial charge in [0.05, 0.1) is 24.2 Å². The minimum atomic E-state index is 0.0395. The van der Waals surface area contributed by atoms with E-state index in [1.54, 1.807) is 18.2 Å². The summed E-state index contributed by atoms with van der Waals surface area (Å²) < 4.78 is 0. The molecule has 0 bridgehead atoms. The van der Waals surface area contributed by atoms with Gasteiger partial charge in [-0.05, 0) is 18.2 Å². The topological polar surface area (TPSA) is 93.8 Å². The molecule has 16 heavy (non-hydrogen) atoms. The number of fused-ring (bicyclic) bond motifs is 1. The highest BCUT2D eigenvalue weighted by Gasteiger charge is 2.14. The highest BCUT2D eigenvalue weighted by Crippen LogP contribution is 2.34. The number of nitrogens with zero attached hydrogens (tertiary/aromatic N) is 1. The third-order valence-corrected chi connectivity index (χ3v) is 2.32. The number of hydrogen-bond donors (Lipinski definition) is 5. The summed E-state index contributed by atoms with van der Waals surface area (Å²) in [5.41, 5.74) is 11.5. The molecule has 0 unspecified atom stereocenters. The van der Waals surface area contributed by atoms with Gasteiger partial charge in [0.2, 0.25) is 0 Å². The summed E-state index contributed by atoms with van der Waals surface area (Å²) in [6.45, 7) is 0.477. The number of aliphatic hydroxyl groups is 1. The van der Waals surface area contributed by atoms with E-state index in [2.05, 4.69) is 10.7 Å². The number of benzene rings is 1. The Bertz CT molecular complexity index is 420. The van der Waals surface area contributed by atoms with E-state index in [9.17, 15) is 5.21 Å². The molecule has 1 aromatic rings. The van der Waals surface area contributed by atoms with E-state index < -0.39 is 0 Å². The number of rotatable bonds is 3. The van der Waals surface area contributed by atoms with Crippen LogP contribution in [0.25, 0.3) is 6.08 Å². The van der Waals surface area contributed by atoms with Gasteiger partial charge in [0, 0.05) is 17.8 Å². The summed E-state index contributed by atoms with van der Waals surface area (Å²) in [4.78, 5) is 0. The number of nitrogens with two attached hydrogens (primary N) is 1. The molecule has 1 aliphatic rings. The lowest BCUT2D eigenvalue weighted by molar-refractivity contribution is -0.0140. The second-order valence-electron chi connectivity index (χ2n) is 3.41. The fraction of sp³-hybridized carbons (Fsp3) is 0.200. The Morgan fingerprint density at radius 1 is 1.44 bits per heavy atom. The van der Waals surface area contributed by atoms with Crippen molar-refractivity contribution in [1.29, 1.82) is 0 Å². The lowest BCUT2D eigenvalue weighted by Gasteiger charge is -2.24. The van der Waals surface area contributed by atoms with Crippen LogP contribution in [0, 0.1) is 0 Å². The first-order valence-corrected chi connectivity index (χ1v) is 4.92. The first kappa shape index (κ1) is 10.6. The Morgan fingerprint density at radius 2 is 2.25 bits per heavy atom. The molecule has 1 aromatic carbocycles. The monoisotopic (exact) mass is 222 g/mol. The molecule has 6 N–H and O–H groups in total. The average molecular weight is 222 g/mol. The maximum absolute atomic E-state index is 9.31. The third kappa shape index (κ3) is 1.88. The first-order valence-electron chi connectivity index (χ1n) is 4.92. The molecule has 0 fully saturated rings. The van der Waals surface area contributed by atoms with Gasteiger partial charge in [-0.3, -0.25) is 10.6 Å². The molecule has 2 rings (SSSR count). The predicted molar refractivity (Wildman–Crippen MR) is 62.7 cm³/mol. The average Bonchev–Trinajstić information content (AvgIpc) is 2.28. The molecular weight excluding hydrogens is 208 g/mol. The standard InChI is InChI=1S/C10H14N4O2/c11-8-1-2-9(12-4-6-15)10-7(8)3-5-14(16)13-10/h1-3,5,12-13,15-16H,4,6,11H2. The minimum absolute atomic E-state index is 0.0395. The fourth-order valence-corrected chi connectivity index (χ4v) is 1.57. The molecule has 0 spiro atoms. The van der Waals surface area contributed by atoms with Crippen molar-refractivity contribution in [3.63, 3.8) is 0 Å². The van der Waals surface area contributed by atoms with Crippen LogP contribution in [0.4, 0.5) is 17.1 Å². The van der Waals surface area contributed by atoms with Gasteiger partial charge in [-0.2, -0.15) is 5.17 Å². The Kier molecular flexibility index (Phi) is 2.84. The van der Waals surface area contributed by atoms with Crippen molar-refractivity contribution in [1.82, 2.24) is 5.17 Å². The first-order chi connectivity index (χ1) is 7.72. The lowest BCUT2D eigenvalue weighted by Crippen LogP contribution is -2.24. The lowest BCUT2D eigenvalue weighted by atomic mass is 10.1. The molecule has 6 heteroatoms. The summed E-state index contributed by atoms with van der Waals surface area (Å²) in [6.07, 6.45) is 3.18. The Balaban J connectivity index is 2.37. The number of aliphatic hydroxyl groups excluding tert-OH is 1. The molecule has 0 saturated heterocycles. The largest absolute Gasteiger partial charge is 0.398 e. The van der Waals surface area contributed by atoms with Gasteiger partial charge in [0.15, 0.2) is 0 Å². The van der Waals surface area contributed by atoms with E-state index in [0.29, 0.717) is 17.9 Å². The zero-order chi connectivity index (χ0) is 11.5. The van der Waals surface area contributed by atoms with Crippen molar-refractivity contribution in [2.24, 2.45) is 0 Å². The van der Waals surface area contributed by atoms with E-state index in [1.165, 1.54) is 6.20 Å². The SMILES string of the molecule is Nc1ccc(NCCO)c2c1C=CN(O)N2. The van der Waals surface area contributed by atoms with E-state index >= 15 is 0 Å². The van der Waals surface area contributed by atoms with Crippen LogP contribution >= 0.6 is 0 Å². The smallest absolute Gasteiger partial charge is 0.0890 e. The van der Waals surface area contributed by atoms with Gasteiger partial charge in [0.25, 0.3) is 0 Å². The molecule has 0 aromatic heterocycles. The molecule has 0 radical (unpaired) electrons. The fourth-order valence-electron chi connectivity index (χ4n) is 1.57. The maximum atomic E-state index is 9.31. The summed E-state index contributed by atoms with van der Waals surface area (Å²) in [5.74, 6) is 0. The number of hydrazine groups is 1. The highest BCUT2D eigenvalue weighted by molar-refractivity contribution is 5.87. The van der Waals surface area contributed by atoms with Crippen molar-refractivity contribution in [2.45, 2.75) is 0 Å². The number of anilines is 3. The molecular formula is C10H14N4O2. The molecule has 1 heterocycles. The molecule has 0 saturated carbocycles. The number of nitrogens with one attached hydrogen (secondary N) is 2. The normalized spacial score (nSPS) is 13.2. The number of nitrogen functional groups attached to an aromatic ring is 1. The molecule has 0 aliphatic carbocycles. The van der Waals surface area contributed by atoms with Gasteiger partial charge in [0.1, 0.15) is 0 Å². The quantitative estimate of drug-likeness (QED) is 0.483. The summed E-state index contributed by atoms with van der Waals surface area (Å²) >= 11 is 0. The van der Waals surface area contributed by atoms with Crippen molar-refractivity contribution in [2.75, 3.05) is 29.6 Å². The molecule has 6 nitrogen and oxygen atoms in total. The van der Waals surface area contributed by atoms with Gasteiger partial charge in [-0.1, -0.05) is 0 Å². The zero-order valence-electron chi connectivity index (χ0n) is 8.64. The molecule has 0 amide bonds. The van der Waals surface area contributed by atoms with E-state index in [1.807, 2.05) is 0 Å². The maximum Gasteiger partial charge on any atom is 0.0890 e. The van der Waals surface area contributed by atoms with Crippen LogP contribution in [0.15, 0.2) is 18.3 Å². The molecule has 86 valence electrons. The van der Waals surface area contributed by atoms with Crippen LogP contribution in [0.1, 0.15) is 5.56 Å². The Morgan fingerprint density at radius 3 is 3.00 bits per heavy atom. The summed E-state index contributed by atoms with van der Waals surface area (Å²) in [5, 5.41) is 22.0. The van der Waals surface area contributed by atoms with Crippen LogP contribution in [0.5, 0.6) is 0 Å². The Labute approximate surface area is 92.9 Å². The highest BCUT2D eigenvalue weighted by atomic mass is 16.5. The van der Waals surface area contributed by atoms with Crippen LogP contribution < -0.4 is 16.5 Å². The van der Waals surface area contributed by atoms with Crippen LogP contribution in [-0.4, -0.2) is 28.6 Å². The van der Waals surface area contributed by atoms with Crippen LogP contribution in [0.2, 0.25) is 0 Å². The van der Waals surface area contributed by atoms with E-state index in [0.717, 1.165) is 16.4 Å². The van der Waals surface area contributed by atoms with Crippen molar-refractivity contribution in [3.8, 4) is 0 Å². The van der Waals surface area contributed by atoms with Gasteiger partial charge < -0.3 is 16.2 Å². The Hall–Kier alpha value is -1.92. The van der Waals surface area contributed by atoms with Crippen LogP contribution in [0.3, 0.4) is 0 Å². The van der Waals surface area contributed by atoms with Crippen molar-refractivity contribution < 1.29 is 10.3 Å². The second-order valence-corrected chi connectivity index (χ2v) is 3.41. The second kappa shape index (κ2) is 4.30. The number of hydroxylamine groups is 1. The van der Waals surface area contributed by atoms with Crippen LogP contribution in [-0.2, 0) is 0 Å². The molecule has 1 aliphatic heterocycles.